The van der Waals surface area contributed by atoms with Gasteiger partial charge in [0.05, 0.1) is 6.61 Å². The molecule has 1 rings (SSSR count). The van der Waals surface area contributed by atoms with Crippen molar-refractivity contribution in [3.63, 3.8) is 0 Å². The van der Waals surface area contributed by atoms with Crippen LogP contribution in [0.1, 0.15) is 46.5 Å². The first kappa shape index (κ1) is 13.5. The first-order valence-corrected chi connectivity index (χ1v) is 6.59. The van der Waals surface area contributed by atoms with Crippen LogP contribution in [0.15, 0.2) is 0 Å². The Kier molecular flexibility index (Phi) is 5.81. The van der Waals surface area contributed by atoms with Crippen LogP contribution in [0.25, 0.3) is 0 Å². The molecule has 94 valence electrons. The van der Waals surface area contributed by atoms with Crippen LogP contribution >= 0.6 is 0 Å². The van der Waals surface area contributed by atoms with Crippen LogP contribution in [-0.2, 0) is 9.53 Å². The molecule has 0 aliphatic carbocycles. The Bertz CT molecular complexity index is 218. The summed E-state index contributed by atoms with van der Waals surface area (Å²) < 4.78 is 5.07. The summed E-state index contributed by atoms with van der Waals surface area (Å²) in [6.45, 7) is 8.64. The maximum absolute atomic E-state index is 11.6. The molecule has 0 N–H and O–H groups in total. The van der Waals surface area contributed by atoms with E-state index in [4.69, 9.17) is 4.74 Å². The summed E-state index contributed by atoms with van der Waals surface area (Å²) in [5.74, 6) is 0.775. The molecule has 3 heteroatoms. The quantitative estimate of drug-likeness (QED) is 0.691. The van der Waals surface area contributed by atoms with Gasteiger partial charge in [0, 0.05) is 0 Å². The molecule has 0 aromatic carbocycles. The molecule has 1 saturated heterocycles. The Balaban J connectivity index is 2.44. The third kappa shape index (κ3) is 3.78. The van der Waals surface area contributed by atoms with Crippen molar-refractivity contribution in [2.75, 3.05) is 19.7 Å². The minimum absolute atomic E-state index is 0.0718. The van der Waals surface area contributed by atoms with Gasteiger partial charge < -0.3 is 4.74 Å². The molecule has 1 heterocycles. The number of esters is 1. The van der Waals surface area contributed by atoms with E-state index in [0.717, 1.165) is 19.0 Å². The first-order chi connectivity index (χ1) is 7.69. The van der Waals surface area contributed by atoms with Gasteiger partial charge in [0.25, 0.3) is 0 Å². The fourth-order valence-corrected chi connectivity index (χ4v) is 2.40. The lowest BCUT2D eigenvalue weighted by atomic mass is 9.98. The van der Waals surface area contributed by atoms with Crippen molar-refractivity contribution >= 4 is 5.97 Å². The van der Waals surface area contributed by atoms with Gasteiger partial charge in [-0.15, -0.1) is 0 Å². The van der Waals surface area contributed by atoms with Crippen molar-refractivity contribution in [1.29, 1.82) is 0 Å². The zero-order valence-corrected chi connectivity index (χ0v) is 10.9. The standard InChI is InChI=1S/C13H25NO2/c1-4-12-7-6-9-14(10-8-12)11(3)13(15)16-5-2/h11-12H,4-10H2,1-3H3. The molecule has 1 aliphatic heterocycles. The molecule has 0 radical (unpaired) electrons. The Labute approximate surface area is 99.1 Å². The van der Waals surface area contributed by atoms with E-state index in [0.29, 0.717) is 6.61 Å². The van der Waals surface area contributed by atoms with Crippen LogP contribution in [0.3, 0.4) is 0 Å². The Morgan fingerprint density at radius 1 is 1.38 bits per heavy atom. The van der Waals surface area contributed by atoms with Gasteiger partial charge in [0.1, 0.15) is 6.04 Å². The molecular formula is C13H25NO2. The topological polar surface area (TPSA) is 29.5 Å². The normalized spacial score (nSPS) is 24.8. The van der Waals surface area contributed by atoms with Crippen molar-refractivity contribution in [2.24, 2.45) is 5.92 Å². The van der Waals surface area contributed by atoms with Crippen molar-refractivity contribution in [2.45, 2.75) is 52.5 Å². The molecule has 0 aromatic heterocycles. The lowest BCUT2D eigenvalue weighted by Crippen LogP contribution is -2.40. The van der Waals surface area contributed by atoms with Gasteiger partial charge in [-0.05, 0) is 52.1 Å². The van der Waals surface area contributed by atoms with E-state index in [9.17, 15) is 4.79 Å². The van der Waals surface area contributed by atoms with Gasteiger partial charge in [-0.1, -0.05) is 13.3 Å². The second-order valence-corrected chi connectivity index (χ2v) is 4.67. The van der Waals surface area contributed by atoms with Crippen LogP contribution in [0.5, 0.6) is 0 Å². The highest BCUT2D eigenvalue weighted by atomic mass is 16.5. The van der Waals surface area contributed by atoms with E-state index in [2.05, 4.69) is 11.8 Å². The Morgan fingerprint density at radius 2 is 2.12 bits per heavy atom. The van der Waals surface area contributed by atoms with Gasteiger partial charge in [0.2, 0.25) is 0 Å². The summed E-state index contributed by atoms with van der Waals surface area (Å²) in [4.78, 5) is 13.9. The monoisotopic (exact) mass is 227 g/mol. The summed E-state index contributed by atoms with van der Waals surface area (Å²) in [7, 11) is 0. The molecule has 3 nitrogen and oxygen atoms in total. The van der Waals surface area contributed by atoms with E-state index >= 15 is 0 Å². The third-order valence-electron chi connectivity index (χ3n) is 3.64. The molecule has 16 heavy (non-hydrogen) atoms. The summed E-state index contributed by atoms with van der Waals surface area (Å²) in [6.07, 6.45) is 5.01. The SMILES string of the molecule is CCOC(=O)C(C)N1CCCC(CC)CC1. The number of carbonyl (C=O) groups excluding carboxylic acids is 1. The van der Waals surface area contributed by atoms with Crippen molar-refractivity contribution < 1.29 is 9.53 Å². The molecule has 1 aliphatic rings. The van der Waals surface area contributed by atoms with Gasteiger partial charge in [0.15, 0.2) is 0 Å². The highest BCUT2D eigenvalue weighted by Crippen LogP contribution is 2.21. The Hall–Kier alpha value is -0.570. The van der Waals surface area contributed by atoms with Gasteiger partial charge in [-0.2, -0.15) is 0 Å². The van der Waals surface area contributed by atoms with Gasteiger partial charge >= 0.3 is 5.97 Å². The lowest BCUT2D eigenvalue weighted by Gasteiger charge is -2.25. The number of ether oxygens (including phenoxy) is 1. The minimum atomic E-state index is -0.0736. The third-order valence-corrected chi connectivity index (χ3v) is 3.64. The van der Waals surface area contributed by atoms with Crippen LogP contribution < -0.4 is 0 Å². The highest BCUT2D eigenvalue weighted by molar-refractivity contribution is 5.75. The summed E-state index contributed by atoms with van der Waals surface area (Å²) in [6, 6.07) is -0.0736. The Morgan fingerprint density at radius 3 is 2.75 bits per heavy atom. The average molecular weight is 227 g/mol. The number of hydrogen-bond acceptors (Lipinski definition) is 3. The molecule has 1 fully saturated rings. The predicted molar refractivity (Wildman–Crippen MR) is 65.3 cm³/mol. The average Bonchev–Trinajstić information content (AvgIpc) is 2.53. The zero-order valence-electron chi connectivity index (χ0n) is 10.9. The molecule has 2 unspecified atom stereocenters. The second-order valence-electron chi connectivity index (χ2n) is 4.67. The lowest BCUT2D eigenvalue weighted by molar-refractivity contribution is -0.148. The number of nitrogens with zero attached hydrogens (tertiary/aromatic N) is 1. The largest absolute Gasteiger partial charge is 0.465 e. The predicted octanol–water partition coefficient (Wildman–Crippen LogP) is 2.45. The van der Waals surface area contributed by atoms with E-state index in [1.807, 2.05) is 13.8 Å². The first-order valence-electron chi connectivity index (χ1n) is 6.59. The second kappa shape index (κ2) is 6.89. The fraction of sp³-hybridized carbons (Fsp3) is 0.923. The van der Waals surface area contributed by atoms with Gasteiger partial charge in [-0.3, -0.25) is 9.69 Å². The summed E-state index contributed by atoms with van der Waals surface area (Å²) >= 11 is 0. The van der Waals surface area contributed by atoms with E-state index in [1.165, 1.54) is 25.7 Å². The molecule has 0 aromatic rings. The number of hydrogen-bond donors (Lipinski definition) is 0. The van der Waals surface area contributed by atoms with Gasteiger partial charge in [-0.25, -0.2) is 0 Å². The molecule has 0 spiro atoms. The maximum atomic E-state index is 11.6. The van der Waals surface area contributed by atoms with Crippen molar-refractivity contribution in [3.05, 3.63) is 0 Å². The zero-order chi connectivity index (χ0) is 12.0. The number of carbonyl (C=O) groups is 1. The van der Waals surface area contributed by atoms with Crippen LogP contribution in [0.2, 0.25) is 0 Å². The minimum Gasteiger partial charge on any atom is -0.465 e. The summed E-state index contributed by atoms with van der Waals surface area (Å²) in [5, 5.41) is 0. The van der Waals surface area contributed by atoms with E-state index in [-0.39, 0.29) is 12.0 Å². The van der Waals surface area contributed by atoms with Crippen molar-refractivity contribution in [1.82, 2.24) is 4.90 Å². The van der Waals surface area contributed by atoms with E-state index in [1.54, 1.807) is 0 Å². The smallest absolute Gasteiger partial charge is 0.323 e. The number of rotatable bonds is 4. The van der Waals surface area contributed by atoms with Crippen LogP contribution in [0.4, 0.5) is 0 Å². The summed E-state index contributed by atoms with van der Waals surface area (Å²) in [5.41, 5.74) is 0. The highest BCUT2D eigenvalue weighted by Gasteiger charge is 2.24. The molecule has 0 bridgehead atoms. The van der Waals surface area contributed by atoms with Crippen molar-refractivity contribution in [3.8, 4) is 0 Å². The number of likely N-dealkylation sites (tertiary alicyclic amines) is 1. The molecule has 0 saturated carbocycles. The molecular weight excluding hydrogens is 202 g/mol. The van der Waals surface area contributed by atoms with Crippen LogP contribution in [-0.4, -0.2) is 36.6 Å². The van der Waals surface area contributed by atoms with E-state index < -0.39 is 0 Å². The fourth-order valence-electron chi connectivity index (χ4n) is 2.40. The maximum Gasteiger partial charge on any atom is 0.323 e. The molecule has 2 atom stereocenters. The van der Waals surface area contributed by atoms with Crippen LogP contribution in [0, 0.1) is 5.92 Å². The molecule has 0 amide bonds.